The fraction of sp³-hybridized carbons (Fsp3) is 0.417. The summed E-state index contributed by atoms with van der Waals surface area (Å²) in [6.07, 6.45) is 0. The van der Waals surface area contributed by atoms with Crippen LogP contribution < -0.4 is 5.32 Å². The van der Waals surface area contributed by atoms with Gasteiger partial charge in [-0.25, -0.2) is 0 Å². The van der Waals surface area contributed by atoms with Crippen molar-refractivity contribution in [1.82, 2.24) is 4.90 Å². The van der Waals surface area contributed by atoms with Gasteiger partial charge in [-0.3, -0.25) is 4.79 Å². The van der Waals surface area contributed by atoms with Crippen molar-refractivity contribution in [2.75, 3.05) is 25.0 Å². The monoisotopic (exact) mass is 274 g/mol. The van der Waals surface area contributed by atoms with Gasteiger partial charge in [0.15, 0.2) is 0 Å². The molecule has 0 bridgehead atoms. The van der Waals surface area contributed by atoms with Gasteiger partial charge in [-0.1, -0.05) is 23.2 Å². The number of benzene rings is 1. The molecule has 0 unspecified atom stereocenters. The lowest BCUT2D eigenvalue weighted by molar-refractivity contribution is -0.128. The molecule has 0 heterocycles. The molecule has 94 valence electrons. The van der Waals surface area contributed by atoms with Crippen molar-refractivity contribution in [2.24, 2.45) is 0 Å². The molecule has 0 atom stereocenters. The van der Waals surface area contributed by atoms with E-state index in [1.807, 2.05) is 13.8 Å². The van der Waals surface area contributed by atoms with Gasteiger partial charge in [-0.15, -0.1) is 0 Å². The summed E-state index contributed by atoms with van der Waals surface area (Å²) < 4.78 is 0. The first-order chi connectivity index (χ1) is 8.06. The Kier molecular flexibility index (Phi) is 5.59. The molecule has 3 nitrogen and oxygen atoms in total. The summed E-state index contributed by atoms with van der Waals surface area (Å²) in [7, 11) is 0. The molecule has 0 aliphatic carbocycles. The highest BCUT2D eigenvalue weighted by atomic mass is 35.5. The fourth-order valence-electron chi connectivity index (χ4n) is 1.52. The van der Waals surface area contributed by atoms with Crippen LogP contribution in [0.15, 0.2) is 18.2 Å². The molecule has 0 radical (unpaired) electrons. The first-order valence-corrected chi connectivity index (χ1v) is 6.30. The van der Waals surface area contributed by atoms with Crippen LogP contribution in [0.25, 0.3) is 0 Å². The molecule has 0 fully saturated rings. The Morgan fingerprint density at radius 1 is 1.18 bits per heavy atom. The van der Waals surface area contributed by atoms with Gasteiger partial charge in [-0.2, -0.15) is 0 Å². The molecule has 17 heavy (non-hydrogen) atoms. The smallest absolute Gasteiger partial charge is 0.241 e. The average molecular weight is 275 g/mol. The van der Waals surface area contributed by atoms with Gasteiger partial charge in [0.2, 0.25) is 5.91 Å². The van der Waals surface area contributed by atoms with Gasteiger partial charge in [0.1, 0.15) is 0 Å². The number of rotatable bonds is 5. The fourth-order valence-corrected chi connectivity index (χ4v) is 2.05. The lowest BCUT2D eigenvalue weighted by atomic mass is 10.3. The number of halogens is 2. The summed E-state index contributed by atoms with van der Waals surface area (Å²) in [4.78, 5) is 13.5. The van der Waals surface area contributed by atoms with Crippen LogP contribution in [-0.4, -0.2) is 30.4 Å². The lowest BCUT2D eigenvalue weighted by Gasteiger charge is -2.19. The first-order valence-electron chi connectivity index (χ1n) is 5.54. The maximum Gasteiger partial charge on any atom is 0.241 e. The molecular weight excluding hydrogens is 259 g/mol. The molecule has 5 heteroatoms. The molecule has 0 spiro atoms. The molecule has 0 saturated heterocycles. The number of likely N-dealkylation sites (N-methyl/N-ethyl adjacent to an activating group) is 1. The SMILES string of the molecule is CCN(CC)C(=O)CNc1cc(Cl)cc(Cl)c1. The average Bonchev–Trinajstić information content (AvgIpc) is 2.27. The molecule has 1 aromatic carbocycles. The zero-order chi connectivity index (χ0) is 12.8. The van der Waals surface area contributed by atoms with Crippen molar-refractivity contribution in [2.45, 2.75) is 13.8 Å². The van der Waals surface area contributed by atoms with Crippen molar-refractivity contribution in [3.63, 3.8) is 0 Å². The van der Waals surface area contributed by atoms with E-state index >= 15 is 0 Å². The number of amides is 1. The van der Waals surface area contributed by atoms with Gasteiger partial charge >= 0.3 is 0 Å². The van der Waals surface area contributed by atoms with Crippen molar-refractivity contribution < 1.29 is 4.79 Å². The van der Waals surface area contributed by atoms with Crippen LogP contribution >= 0.6 is 23.2 Å². The van der Waals surface area contributed by atoms with E-state index in [0.29, 0.717) is 23.1 Å². The van der Waals surface area contributed by atoms with E-state index in [1.54, 1.807) is 23.1 Å². The molecule has 1 amide bonds. The summed E-state index contributed by atoms with van der Waals surface area (Å²) >= 11 is 11.7. The van der Waals surface area contributed by atoms with Gasteiger partial charge in [0.25, 0.3) is 0 Å². The van der Waals surface area contributed by atoms with E-state index < -0.39 is 0 Å². The Balaban J connectivity index is 2.58. The minimum atomic E-state index is 0.0612. The van der Waals surface area contributed by atoms with Crippen molar-refractivity contribution >= 4 is 34.8 Å². The van der Waals surface area contributed by atoms with Gasteiger partial charge in [0.05, 0.1) is 6.54 Å². The number of hydrogen-bond donors (Lipinski definition) is 1. The standard InChI is InChI=1S/C12H16Cl2N2O/c1-3-16(4-2)12(17)8-15-11-6-9(13)5-10(14)7-11/h5-7,15H,3-4,8H2,1-2H3. The van der Waals surface area contributed by atoms with E-state index in [2.05, 4.69) is 5.32 Å². The minimum absolute atomic E-state index is 0.0612. The Labute approximate surface area is 112 Å². The van der Waals surface area contributed by atoms with Crippen LogP contribution in [0.3, 0.4) is 0 Å². The number of nitrogens with zero attached hydrogens (tertiary/aromatic N) is 1. The van der Waals surface area contributed by atoms with Gasteiger partial charge in [-0.05, 0) is 32.0 Å². The summed E-state index contributed by atoms with van der Waals surface area (Å²) in [6.45, 7) is 5.59. The van der Waals surface area contributed by atoms with Crippen LogP contribution in [0, 0.1) is 0 Å². The zero-order valence-corrected chi connectivity index (χ0v) is 11.5. The molecule has 0 saturated carbocycles. The molecule has 0 aromatic heterocycles. The number of carbonyl (C=O) groups is 1. The summed E-state index contributed by atoms with van der Waals surface area (Å²) in [5, 5.41) is 4.12. The van der Waals surface area contributed by atoms with Gasteiger partial charge in [0, 0.05) is 28.8 Å². The third kappa shape index (κ3) is 4.44. The highest BCUT2D eigenvalue weighted by molar-refractivity contribution is 6.35. The Hall–Kier alpha value is -0.930. The number of nitrogens with one attached hydrogen (secondary N) is 1. The zero-order valence-electron chi connectivity index (χ0n) is 9.96. The van der Waals surface area contributed by atoms with Gasteiger partial charge < -0.3 is 10.2 Å². The molecule has 1 rings (SSSR count). The van der Waals surface area contributed by atoms with E-state index in [-0.39, 0.29) is 12.5 Å². The van der Waals surface area contributed by atoms with E-state index in [0.717, 1.165) is 5.69 Å². The number of carbonyl (C=O) groups excluding carboxylic acids is 1. The second kappa shape index (κ2) is 6.72. The largest absolute Gasteiger partial charge is 0.376 e. The van der Waals surface area contributed by atoms with Crippen LogP contribution in [0.4, 0.5) is 5.69 Å². The number of hydrogen-bond acceptors (Lipinski definition) is 2. The van der Waals surface area contributed by atoms with E-state index in [9.17, 15) is 4.79 Å². The highest BCUT2D eigenvalue weighted by Crippen LogP contribution is 2.22. The first kappa shape index (κ1) is 14.1. The summed E-state index contributed by atoms with van der Waals surface area (Å²) in [6, 6.07) is 5.13. The molecular formula is C12H16Cl2N2O. The minimum Gasteiger partial charge on any atom is -0.376 e. The van der Waals surface area contributed by atoms with Crippen molar-refractivity contribution in [3.8, 4) is 0 Å². The third-order valence-corrected chi connectivity index (χ3v) is 2.86. The number of anilines is 1. The molecule has 1 N–H and O–H groups in total. The van der Waals surface area contributed by atoms with Crippen LogP contribution in [-0.2, 0) is 4.79 Å². The quantitative estimate of drug-likeness (QED) is 0.894. The van der Waals surface area contributed by atoms with Crippen molar-refractivity contribution in [1.29, 1.82) is 0 Å². The van der Waals surface area contributed by atoms with E-state index in [1.165, 1.54) is 0 Å². The Morgan fingerprint density at radius 3 is 2.18 bits per heavy atom. The summed E-state index contributed by atoms with van der Waals surface area (Å²) in [5.74, 6) is 0.0612. The Bertz CT molecular complexity index is 372. The predicted molar refractivity (Wildman–Crippen MR) is 72.9 cm³/mol. The third-order valence-electron chi connectivity index (χ3n) is 2.42. The summed E-state index contributed by atoms with van der Waals surface area (Å²) in [5.41, 5.74) is 0.753. The second-order valence-corrected chi connectivity index (χ2v) is 4.45. The Morgan fingerprint density at radius 2 is 1.71 bits per heavy atom. The normalized spacial score (nSPS) is 10.1. The lowest BCUT2D eigenvalue weighted by Crippen LogP contribution is -2.35. The molecule has 1 aromatic rings. The maximum atomic E-state index is 11.7. The maximum absolute atomic E-state index is 11.7. The van der Waals surface area contributed by atoms with Crippen LogP contribution in [0.1, 0.15) is 13.8 Å². The van der Waals surface area contributed by atoms with E-state index in [4.69, 9.17) is 23.2 Å². The highest BCUT2D eigenvalue weighted by Gasteiger charge is 2.08. The van der Waals surface area contributed by atoms with Crippen LogP contribution in [0.2, 0.25) is 10.0 Å². The van der Waals surface area contributed by atoms with Crippen LogP contribution in [0.5, 0.6) is 0 Å². The topological polar surface area (TPSA) is 32.3 Å². The predicted octanol–water partition coefficient (Wildman–Crippen LogP) is 3.27. The molecule has 0 aliphatic rings. The molecule has 0 aliphatic heterocycles. The van der Waals surface area contributed by atoms with Crippen molar-refractivity contribution in [3.05, 3.63) is 28.2 Å². The second-order valence-electron chi connectivity index (χ2n) is 3.58.